The van der Waals surface area contributed by atoms with Gasteiger partial charge in [0.05, 0.1) is 5.56 Å². The maximum absolute atomic E-state index is 12.6. The van der Waals surface area contributed by atoms with E-state index in [9.17, 15) is 4.79 Å². The van der Waals surface area contributed by atoms with Crippen LogP contribution in [0.4, 0.5) is 0 Å². The van der Waals surface area contributed by atoms with Crippen LogP contribution in [0, 0.1) is 10.5 Å². The van der Waals surface area contributed by atoms with Crippen LogP contribution in [0.5, 0.6) is 17.4 Å². The minimum atomic E-state index is -0.514. The van der Waals surface area contributed by atoms with Crippen molar-refractivity contribution < 1.29 is 14.3 Å². The molecule has 0 saturated heterocycles. The number of rotatable bonds is 5. The molecule has 5 nitrogen and oxygen atoms in total. The Morgan fingerprint density at radius 3 is 2.68 bits per heavy atom. The number of esters is 1. The number of ether oxygens (including phenoxy) is 2. The molecule has 1 aromatic heterocycles. The van der Waals surface area contributed by atoms with E-state index in [0.717, 1.165) is 33.3 Å². The van der Waals surface area contributed by atoms with Gasteiger partial charge >= 0.3 is 5.97 Å². The molecule has 3 aromatic rings. The highest BCUT2D eigenvalue weighted by Gasteiger charge is 2.28. The van der Waals surface area contributed by atoms with Crippen molar-refractivity contribution in [2.24, 2.45) is 0 Å². The van der Waals surface area contributed by atoms with Crippen molar-refractivity contribution in [1.82, 2.24) is 10.2 Å². The Morgan fingerprint density at radius 1 is 1.14 bits per heavy atom. The number of hydrogen-bond donors (Lipinski definition) is 0. The smallest absolute Gasteiger partial charge is 0.343 e. The zero-order chi connectivity index (χ0) is 19.7. The Balaban J connectivity index is 1.65. The predicted octanol–water partition coefficient (Wildman–Crippen LogP) is 5.93. The SMILES string of the molecule is Cc1cccc(C2CC2)c1Oc1nnc(Cl)cc1OC(=O)c1cccc(I)c1. The molecule has 0 unspecified atom stereocenters. The molecule has 0 aliphatic heterocycles. The van der Waals surface area contributed by atoms with Crippen molar-refractivity contribution in [2.75, 3.05) is 0 Å². The van der Waals surface area contributed by atoms with Crippen LogP contribution in [-0.4, -0.2) is 16.2 Å². The normalized spacial score (nSPS) is 13.2. The first-order valence-electron chi connectivity index (χ1n) is 8.79. The second kappa shape index (κ2) is 8.05. The zero-order valence-electron chi connectivity index (χ0n) is 15.0. The molecule has 0 N–H and O–H groups in total. The van der Waals surface area contributed by atoms with Gasteiger partial charge in [-0.15, -0.1) is 10.2 Å². The molecule has 28 heavy (non-hydrogen) atoms. The Morgan fingerprint density at radius 2 is 1.93 bits per heavy atom. The first-order valence-corrected chi connectivity index (χ1v) is 10.3. The fraction of sp³-hybridized carbons (Fsp3) is 0.190. The van der Waals surface area contributed by atoms with E-state index in [2.05, 4.69) is 38.9 Å². The molecule has 7 heteroatoms. The summed E-state index contributed by atoms with van der Waals surface area (Å²) in [6.07, 6.45) is 2.28. The molecule has 0 amide bonds. The minimum Gasteiger partial charge on any atom is -0.434 e. The summed E-state index contributed by atoms with van der Waals surface area (Å²) in [4.78, 5) is 12.6. The molecule has 0 spiro atoms. The number of benzene rings is 2. The summed E-state index contributed by atoms with van der Waals surface area (Å²) in [6, 6.07) is 14.6. The number of aryl methyl sites for hydroxylation is 1. The number of carbonyl (C=O) groups is 1. The molecule has 1 aliphatic carbocycles. The average molecular weight is 507 g/mol. The van der Waals surface area contributed by atoms with Crippen LogP contribution >= 0.6 is 34.2 Å². The summed E-state index contributed by atoms with van der Waals surface area (Å²) in [6.45, 7) is 1.97. The predicted molar refractivity (Wildman–Crippen MR) is 114 cm³/mol. The van der Waals surface area contributed by atoms with E-state index >= 15 is 0 Å². The van der Waals surface area contributed by atoms with Crippen LogP contribution in [-0.2, 0) is 0 Å². The van der Waals surface area contributed by atoms with Gasteiger partial charge in [0.1, 0.15) is 5.75 Å². The molecule has 142 valence electrons. The molecule has 4 rings (SSSR count). The highest BCUT2D eigenvalue weighted by molar-refractivity contribution is 14.1. The topological polar surface area (TPSA) is 61.3 Å². The number of para-hydroxylation sites is 1. The molecule has 0 bridgehead atoms. The maximum Gasteiger partial charge on any atom is 0.343 e. The number of aromatic nitrogens is 2. The maximum atomic E-state index is 12.6. The van der Waals surface area contributed by atoms with E-state index in [1.165, 1.54) is 6.07 Å². The highest BCUT2D eigenvalue weighted by atomic mass is 127. The molecule has 0 radical (unpaired) electrons. The first-order chi connectivity index (χ1) is 13.5. The van der Waals surface area contributed by atoms with Crippen molar-refractivity contribution in [3.8, 4) is 17.4 Å². The van der Waals surface area contributed by atoms with Gasteiger partial charge in [0, 0.05) is 9.64 Å². The number of nitrogens with zero attached hydrogens (tertiary/aromatic N) is 2. The highest BCUT2D eigenvalue weighted by Crippen LogP contribution is 2.46. The van der Waals surface area contributed by atoms with Crippen molar-refractivity contribution >= 4 is 40.2 Å². The van der Waals surface area contributed by atoms with Gasteiger partial charge in [-0.3, -0.25) is 0 Å². The molecule has 1 saturated carbocycles. The Kier molecular flexibility index (Phi) is 5.50. The number of carbonyl (C=O) groups excluding carboxylic acids is 1. The second-order valence-corrected chi connectivity index (χ2v) is 8.24. The van der Waals surface area contributed by atoms with Gasteiger partial charge in [-0.25, -0.2) is 4.79 Å². The summed E-state index contributed by atoms with van der Waals surface area (Å²) >= 11 is 8.12. The Hall–Kier alpha value is -2.19. The van der Waals surface area contributed by atoms with E-state index in [-0.39, 0.29) is 16.8 Å². The van der Waals surface area contributed by atoms with Crippen LogP contribution in [0.1, 0.15) is 40.2 Å². The summed E-state index contributed by atoms with van der Waals surface area (Å²) in [5.74, 6) is 0.953. The molecular formula is C21H16ClIN2O3. The largest absolute Gasteiger partial charge is 0.434 e. The molecule has 1 heterocycles. The monoisotopic (exact) mass is 506 g/mol. The van der Waals surface area contributed by atoms with Gasteiger partial charge in [0.15, 0.2) is 10.9 Å². The van der Waals surface area contributed by atoms with Gasteiger partial charge in [-0.1, -0.05) is 35.9 Å². The number of hydrogen-bond acceptors (Lipinski definition) is 5. The third-order valence-electron chi connectivity index (χ3n) is 4.42. The third-order valence-corrected chi connectivity index (χ3v) is 5.27. The average Bonchev–Trinajstić information content (AvgIpc) is 3.50. The van der Waals surface area contributed by atoms with Gasteiger partial charge in [-0.2, -0.15) is 0 Å². The van der Waals surface area contributed by atoms with E-state index in [0.29, 0.717) is 11.5 Å². The van der Waals surface area contributed by atoms with Gasteiger partial charge in [0.2, 0.25) is 0 Å². The second-order valence-electron chi connectivity index (χ2n) is 6.61. The fourth-order valence-electron chi connectivity index (χ4n) is 2.89. The lowest BCUT2D eigenvalue weighted by Gasteiger charge is -2.15. The molecule has 0 atom stereocenters. The lowest BCUT2D eigenvalue weighted by Crippen LogP contribution is -2.10. The quantitative estimate of drug-likeness (QED) is 0.317. The fourth-order valence-corrected chi connectivity index (χ4v) is 3.57. The summed E-state index contributed by atoms with van der Waals surface area (Å²) in [5.41, 5.74) is 2.54. The summed E-state index contributed by atoms with van der Waals surface area (Å²) < 4.78 is 12.6. The van der Waals surface area contributed by atoms with Gasteiger partial charge in [0.25, 0.3) is 5.88 Å². The summed E-state index contributed by atoms with van der Waals surface area (Å²) in [7, 11) is 0. The Labute approximate surface area is 181 Å². The standard InChI is InChI=1S/C21H16ClIN2O3/c1-12-4-2-7-16(13-8-9-13)19(12)28-20-17(11-18(22)24-25-20)27-21(26)14-5-3-6-15(23)10-14/h2-7,10-11,13H,8-9H2,1H3. The molecular weight excluding hydrogens is 491 g/mol. The molecule has 1 aliphatic rings. The van der Waals surface area contributed by atoms with Crippen LogP contribution in [0.25, 0.3) is 0 Å². The van der Waals surface area contributed by atoms with Crippen molar-refractivity contribution in [1.29, 1.82) is 0 Å². The number of halogens is 2. The first kappa shape index (κ1) is 19.1. The van der Waals surface area contributed by atoms with E-state index in [1.807, 2.05) is 25.1 Å². The van der Waals surface area contributed by atoms with Crippen LogP contribution in [0.15, 0.2) is 48.5 Å². The van der Waals surface area contributed by atoms with Crippen molar-refractivity contribution in [3.63, 3.8) is 0 Å². The van der Waals surface area contributed by atoms with Crippen LogP contribution in [0.2, 0.25) is 5.15 Å². The minimum absolute atomic E-state index is 0.111. The van der Waals surface area contributed by atoms with Crippen LogP contribution in [0.3, 0.4) is 0 Å². The van der Waals surface area contributed by atoms with E-state index in [4.69, 9.17) is 21.1 Å². The third kappa shape index (κ3) is 4.28. The van der Waals surface area contributed by atoms with Gasteiger partial charge in [-0.05, 0) is 77.6 Å². The lowest BCUT2D eigenvalue weighted by molar-refractivity contribution is 0.0729. The van der Waals surface area contributed by atoms with E-state index < -0.39 is 5.97 Å². The molecule has 2 aromatic carbocycles. The van der Waals surface area contributed by atoms with Crippen LogP contribution < -0.4 is 9.47 Å². The van der Waals surface area contributed by atoms with Crippen molar-refractivity contribution in [3.05, 3.63) is 73.9 Å². The summed E-state index contributed by atoms with van der Waals surface area (Å²) in [5, 5.41) is 7.98. The lowest BCUT2D eigenvalue weighted by atomic mass is 10.1. The Bertz CT molecular complexity index is 1050. The van der Waals surface area contributed by atoms with E-state index in [1.54, 1.807) is 18.2 Å². The molecule has 1 fully saturated rings. The zero-order valence-corrected chi connectivity index (χ0v) is 17.9. The van der Waals surface area contributed by atoms with Gasteiger partial charge < -0.3 is 9.47 Å². The van der Waals surface area contributed by atoms with Crippen molar-refractivity contribution in [2.45, 2.75) is 25.7 Å².